The number of fused-ring (bicyclic) bond motifs is 1. The van der Waals surface area contributed by atoms with Crippen LogP contribution in [0.4, 0.5) is 0 Å². The number of unbranched alkanes of at least 4 members (excludes halogenated alkanes) is 4. The molecular formula is C24H37NO2. The van der Waals surface area contributed by atoms with E-state index in [1.54, 1.807) is 0 Å². The SMILES string of the molecule is CCCCc1c(CCCC)c(CCCC)c2c(c1CCCC)C(=O)NC2=O. The van der Waals surface area contributed by atoms with E-state index in [1.165, 1.54) is 22.3 Å². The molecule has 2 rings (SSSR count). The first-order chi connectivity index (χ1) is 13.1. The van der Waals surface area contributed by atoms with Gasteiger partial charge in [0.15, 0.2) is 0 Å². The van der Waals surface area contributed by atoms with Crippen LogP contribution >= 0.6 is 0 Å². The lowest BCUT2D eigenvalue weighted by atomic mass is 9.80. The molecule has 0 aliphatic carbocycles. The van der Waals surface area contributed by atoms with Crippen molar-refractivity contribution < 1.29 is 9.59 Å². The summed E-state index contributed by atoms with van der Waals surface area (Å²) in [5.74, 6) is -0.336. The van der Waals surface area contributed by atoms with Crippen molar-refractivity contribution >= 4 is 11.8 Å². The fraction of sp³-hybridized carbons (Fsp3) is 0.667. The van der Waals surface area contributed by atoms with Gasteiger partial charge in [0, 0.05) is 0 Å². The number of hydrogen-bond acceptors (Lipinski definition) is 2. The van der Waals surface area contributed by atoms with E-state index in [1.807, 2.05) is 0 Å². The van der Waals surface area contributed by atoms with Crippen LogP contribution < -0.4 is 5.32 Å². The topological polar surface area (TPSA) is 46.2 Å². The number of amides is 2. The summed E-state index contributed by atoms with van der Waals surface area (Å²) in [6, 6.07) is 0. The zero-order valence-corrected chi connectivity index (χ0v) is 17.8. The molecule has 2 amide bonds. The van der Waals surface area contributed by atoms with Gasteiger partial charge in [0.25, 0.3) is 11.8 Å². The number of benzene rings is 1. The monoisotopic (exact) mass is 371 g/mol. The van der Waals surface area contributed by atoms with Gasteiger partial charge in [-0.15, -0.1) is 0 Å². The van der Waals surface area contributed by atoms with E-state index >= 15 is 0 Å². The summed E-state index contributed by atoms with van der Waals surface area (Å²) in [6.07, 6.45) is 12.8. The summed E-state index contributed by atoms with van der Waals surface area (Å²) in [6.45, 7) is 8.81. The van der Waals surface area contributed by atoms with Crippen molar-refractivity contribution in [3.63, 3.8) is 0 Å². The van der Waals surface area contributed by atoms with Crippen LogP contribution in [0.3, 0.4) is 0 Å². The van der Waals surface area contributed by atoms with Gasteiger partial charge >= 0.3 is 0 Å². The Morgan fingerprint density at radius 3 is 1.11 bits per heavy atom. The molecule has 0 unspecified atom stereocenters. The van der Waals surface area contributed by atoms with Crippen LogP contribution in [0.2, 0.25) is 0 Å². The predicted molar refractivity (Wildman–Crippen MR) is 113 cm³/mol. The van der Waals surface area contributed by atoms with E-state index in [0.717, 1.165) is 77.0 Å². The average molecular weight is 372 g/mol. The Morgan fingerprint density at radius 2 is 0.815 bits per heavy atom. The van der Waals surface area contributed by atoms with Gasteiger partial charge in [-0.05, 0) is 73.6 Å². The Hall–Kier alpha value is -1.64. The quantitative estimate of drug-likeness (QED) is 0.462. The van der Waals surface area contributed by atoms with Crippen molar-refractivity contribution in [1.29, 1.82) is 0 Å². The molecule has 0 atom stereocenters. The summed E-state index contributed by atoms with van der Waals surface area (Å²) < 4.78 is 0. The smallest absolute Gasteiger partial charge is 0.259 e. The summed E-state index contributed by atoms with van der Waals surface area (Å²) in [4.78, 5) is 25.4. The molecule has 0 aromatic heterocycles. The molecule has 0 bridgehead atoms. The van der Waals surface area contributed by atoms with Gasteiger partial charge in [-0.1, -0.05) is 53.4 Å². The van der Waals surface area contributed by atoms with Gasteiger partial charge in [0.05, 0.1) is 11.1 Å². The zero-order chi connectivity index (χ0) is 19.8. The molecule has 1 N–H and O–H groups in total. The maximum absolute atomic E-state index is 12.7. The molecule has 150 valence electrons. The summed E-state index contributed by atoms with van der Waals surface area (Å²) in [7, 11) is 0. The Kier molecular flexibility index (Phi) is 8.53. The molecule has 1 aromatic carbocycles. The Bertz CT molecular complexity index is 619. The minimum absolute atomic E-state index is 0.168. The van der Waals surface area contributed by atoms with Crippen LogP contribution in [0.1, 0.15) is 122 Å². The average Bonchev–Trinajstić information content (AvgIpc) is 2.96. The minimum Gasteiger partial charge on any atom is -0.288 e. The van der Waals surface area contributed by atoms with Crippen molar-refractivity contribution in [2.24, 2.45) is 0 Å². The minimum atomic E-state index is -0.168. The number of nitrogens with one attached hydrogen (secondary N) is 1. The molecule has 1 aliphatic rings. The van der Waals surface area contributed by atoms with Crippen molar-refractivity contribution in [2.75, 3.05) is 0 Å². The molecule has 1 heterocycles. The lowest BCUT2D eigenvalue weighted by molar-refractivity contribution is 0.0879. The fourth-order valence-electron chi connectivity index (χ4n) is 4.27. The molecule has 0 saturated heterocycles. The van der Waals surface area contributed by atoms with Crippen molar-refractivity contribution in [1.82, 2.24) is 5.32 Å². The van der Waals surface area contributed by atoms with Crippen LogP contribution in [0, 0.1) is 0 Å². The Labute approximate surface area is 165 Å². The first-order valence-corrected chi connectivity index (χ1v) is 11.2. The maximum atomic E-state index is 12.7. The van der Waals surface area contributed by atoms with E-state index in [4.69, 9.17) is 0 Å². The standard InChI is InChI=1S/C24H37NO2/c1-5-9-13-17-18(14-10-6-2)20(16-12-8-4)22-21(19(17)15-11-7-3)23(26)25-24(22)27/h5-16H2,1-4H3,(H,25,26,27). The maximum Gasteiger partial charge on any atom is 0.259 e. The molecule has 3 nitrogen and oxygen atoms in total. The lowest BCUT2D eigenvalue weighted by Gasteiger charge is -2.23. The molecule has 0 radical (unpaired) electrons. The van der Waals surface area contributed by atoms with Crippen LogP contribution in [0.5, 0.6) is 0 Å². The first-order valence-electron chi connectivity index (χ1n) is 11.2. The van der Waals surface area contributed by atoms with Gasteiger partial charge in [-0.2, -0.15) is 0 Å². The third kappa shape index (κ3) is 4.80. The fourth-order valence-corrected chi connectivity index (χ4v) is 4.27. The van der Waals surface area contributed by atoms with Gasteiger partial charge in [0.1, 0.15) is 0 Å². The highest BCUT2D eigenvalue weighted by Crippen LogP contribution is 2.35. The second kappa shape index (κ2) is 10.6. The number of carbonyl (C=O) groups is 2. The highest BCUT2D eigenvalue weighted by atomic mass is 16.2. The largest absolute Gasteiger partial charge is 0.288 e. The van der Waals surface area contributed by atoms with Gasteiger partial charge < -0.3 is 0 Å². The van der Waals surface area contributed by atoms with Crippen molar-refractivity contribution in [2.45, 2.75) is 105 Å². The van der Waals surface area contributed by atoms with Crippen LogP contribution in [-0.4, -0.2) is 11.8 Å². The summed E-state index contributed by atoms with van der Waals surface area (Å²) in [5.41, 5.74) is 6.57. The highest BCUT2D eigenvalue weighted by molar-refractivity contribution is 6.23. The summed E-state index contributed by atoms with van der Waals surface area (Å²) >= 11 is 0. The number of rotatable bonds is 12. The number of carbonyl (C=O) groups excluding carboxylic acids is 2. The van der Waals surface area contributed by atoms with E-state index in [9.17, 15) is 9.59 Å². The van der Waals surface area contributed by atoms with E-state index in [-0.39, 0.29) is 11.8 Å². The van der Waals surface area contributed by atoms with Crippen molar-refractivity contribution in [3.8, 4) is 0 Å². The molecule has 3 heteroatoms. The predicted octanol–water partition coefficient (Wildman–Crippen LogP) is 5.94. The van der Waals surface area contributed by atoms with Crippen LogP contribution in [0.25, 0.3) is 0 Å². The van der Waals surface area contributed by atoms with Crippen LogP contribution in [0.15, 0.2) is 0 Å². The Morgan fingerprint density at radius 1 is 0.519 bits per heavy atom. The molecule has 27 heavy (non-hydrogen) atoms. The molecule has 0 saturated carbocycles. The van der Waals surface area contributed by atoms with Gasteiger partial charge in [0.2, 0.25) is 0 Å². The molecule has 1 aliphatic heterocycles. The molecule has 0 spiro atoms. The normalized spacial score (nSPS) is 13.2. The second-order valence-electron chi connectivity index (χ2n) is 7.86. The Balaban J connectivity index is 2.73. The number of imide groups is 1. The third-order valence-electron chi connectivity index (χ3n) is 5.75. The molecular weight excluding hydrogens is 334 g/mol. The highest BCUT2D eigenvalue weighted by Gasteiger charge is 2.35. The van der Waals surface area contributed by atoms with Crippen molar-refractivity contribution in [3.05, 3.63) is 33.4 Å². The third-order valence-corrected chi connectivity index (χ3v) is 5.75. The van der Waals surface area contributed by atoms with E-state index in [2.05, 4.69) is 33.0 Å². The molecule has 1 aromatic rings. The lowest BCUT2D eigenvalue weighted by Crippen LogP contribution is -2.20. The van der Waals surface area contributed by atoms with Gasteiger partial charge in [-0.3, -0.25) is 14.9 Å². The van der Waals surface area contributed by atoms with E-state index < -0.39 is 0 Å². The number of hydrogen-bond donors (Lipinski definition) is 1. The van der Waals surface area contributed by atoms with E-state index in [0.29, 0.717) is 11.1 Å². The molecule has 0 fully saturated rings. The first kappa shape index (κ1) is 21.7. The second-order valence-corrected chi connectivity index (χ2v) is 7.86. The van der Waals surface area contributed by atoms with Gasteiger partial charge in [-0.25, -0.2) is 0 Å². The summed E-state index contributed by atoms with van der Waals surface area (Å²) in [5, 5.41) is 2.60. The zero-order valence-electron chi connectivity index (χ0n) is 17.8. The van der Waals surface area contributed by atoms with Crippen LogP contribution in [-0.2, 0) is 25.7 Å².